The van der Waals surface area contributed by atoms with Gasteiger partial charge in [0.25, 0.3) is 0 Å². The van der Waals surface area contributed by atoms with Crippen LogP contribution in [0.2, 0.25) is 0 Å². The van der Waals surface area contributed by atoms with Gasteiger partial charge >= 0.3 is 0 Å². The van der Waals surface area contributed by atoms with Crippen LogP contribution < -0.4 is 5.32 Å². The number of aromatic nitrogens is 3. The van der Waals surface area contributed by atoms with Gasteiger partial charge in [0.05, 0.1) is 0 Å². The molecule has 0 saturated heterocycles. The fraction of sp³-hybridized carbons (Fsp3) is 0.583. The maximum Gasteiger partial charge on any atom is 0.224 e. The highest BCUT2D eigenvalue weighted by Gasteiger charge is 2.08. The molecule has 2 N–H and O–H groups in total. The average Bonchev–Trinajstić information content (AvgIpc) is 2.83. The molecule has 1 heterocycles. The highest BCUT2D eigenvalue weighted by Crippen LogP contribution is 2.19. The van der Waals surface area contributed by atoms with Crippen molar-refractivity contribution >= 4 is 5.91 Å². The molecule has 1 amide bonds. The number of carbonyl (C=O) groups is 1. The zero-order valence-electron chi connectivity index (χ0n) is 9.91. The molecule has 0 radical (unpaired) electrons. The largest absolute Gasteiger partial charge is 0.355 e. The number of hydrogen-bond donors (Lipinski definition) is 2. The first-order valence-electron chi connectivity index (χ1n) is 6.13. The number of nitrogens with one attached hydrogen (secondary N) is 2. The fourth-order valence-corrected chi connectivity index (χ4v) is 2.01. The first-order valence-corrected chi connectivity index (χ1v) is 6.13. The van der Waals surface area contributed by atoms with Crippen LogP contribution in [0.1, 0.15) is 37.9 Å². The van der Waals surface area contributed by atoms with Crippen molar-refractivity contribution in [2.24, 2.45) is 0 Å². The summed E-state index contributed by atoms with van der Waals surface area (Å²) >= 11 is 0. The van der Waals surface area contributed by atoms with Crippen molar-refractivity contribution in [2.45, 2.75) is 38.5 Å². The van der Waals surface area contributed by atoms with Crippen molar-refractivity contribution < 1.29 is 4.79 Å². The first kappa shape index (κ1) is 11.8. The Morgan fingerprint density at radius 1 is 1.47 bits per heavy atom. The van der Waals surface area contributed by atoms with Gasteiger partial charge in [0.1, 0.15) is 12.2 Å². The van der Waals surface area contributed by atoms with Crippen molar-refractivity contribution in [2.75, 3.05) is 6.54 Å². The van der Waals surface area contributed by atoms with Crippen LogP contribution in [0.15, 0.2) is 18.0 Å². The van der Waals surface area contributed by atoms with Gasteiger partial charge in [-0.1, -0.05) is 11.6 Å². The molecule has 0 unspecified atom stereocenters. The third-order valence-electron chi connectivity index (χ3n) is 2.92. The number of aromatic amines is 1. The molecule has 92 valence electrons. The van der Waals surface area contributed by atoms with Crippen LogP contribution in [0.4, 0.5) is 0 Å². The summed E-state index contributed by atoms with van der Waals surface area (Å²) in [4.78, 5) is 15.6. The Kier molecular flexibility index (Phi) is 4.30. The van der Waals surface area contributed by atoms with E-state index in [0.29, 0.717) is 19.4 Å². The van der Waals surface area contributed by atoms with Crippen molar-refractivity contribution in [1.29, 1.82) is 0 Å². The molecule has 5 nitrogen and oxygen atoms in total. The Morgan fingerprint density at radius 3 is 3.12 bits per heavy atom. The summed E-state index contributed by atoms with van der Waals surface area (Å²) in [6, 6.07) is 0. The number of hydrogen-bond acceptors (Lipinski definition) is 3. The first-order chi connectivity index (χ1) is 8.34. The quantitative estimate of drug-likeness (QED) is 0.755. The zero-order chi connectivity index (χ0) is 11.9. The van der Waals surface area contributed by atoms with E-state index in [9.17, 15) is 4.79 Å². The molecule has 0 bridgehead atoms. The fourth-order valence-electron chi connectivity index (χ4n) is 2.01. The Labute approximate surface area is 101 Å². The van der Waals surface area contributed by atoms with E-state index in [-0.39, 0.29) is 5.91 Å². The number of carbonyl (C=O) groups excluding carboxylic acids is 1. The van der Waals surface area contributed by atoms with E-state index in [1.165, 1.54) is 24.7 Å². The highest BCUT2D eigenvalue weighted by atomic mass is 16.1. The maximum atomic E-state index is 11.6. The van der Waals surface area contributed by atoms with Gasteiger partial charge in [0.15, 0.2) is 0 Å². The van der Waals surface area contributed by atoms with Gasteiger partial charge in [-0.2, -0.15) is 5.10 Å². The van der Waals surface area contributed by atoms with E-state index in [0.717, 1.165) is 18.7 Å². The van der Waals surface area contributed by atoms with Crippen LogP contribution >= 0.6 is 0 Å². The SMILES string of the molecule is O=C(CC1=CCCCC1)NCCc1ncn[nH]1. The molecule has 17 heavy (non-hydrogen) atoms. The molecule has 1 aromatic rings. The van der Waals surface area contributed by atoms with Crippen LogP contribution in [0.5, 0.6) is 0 Å². The smallest absolute Gasteiger partial charge is 0.224 e. The standard InChI is InChI=1S/C12H18N4O/c17-12(8-10-4-2-1-3-5-10)13-7-6-11-14-9-15-16-11/h4,9H,1-3,5-8H2,(H,13,17)(H,14,15,16). The molecule has 0 saturated carbocycles. The summed E-state index contributed by atoms with van der Waals surface area (Å²) in [6.45, 7) is 0.612. The monoisotopic (exact) mass is 234 g/mol. The van der Waals surface area contributed by atoms with Gasteiger partial charge in [-0.25, -0.2) is 4.98 Å². The number of rotatable bonds is 5. The minimum Gasteiger partial charge on any atom is -0.355 e. The van der Waals surface area contributed by atoms with E-state index in [1.54, 1.807) is 0 Å². The topological polar surface area (TPSA) is 70.7 Å². The van der Waals surface area contributed by atoms with Gasteiger partial charge in [-0.15, -0.1) is 0 Å². The summed E-state index contributed by atoms with van der Waals surface area (Å²) in [5.41, 5.74) is 1.29. The van der Waals surface area contributed by atoms with Crippen LogP contribution in [0, 0.1) is 0 Å². The Bertz CT molecular complexity index is 383. The molecule has 2 rings (SSSR count). The lowest BCUT2D eigenvalue weighted by atomic mass is 9.97. The zero-order valence-corrected chi connectivity index (χ0v) is 9.91. The van der Waals surface area contributed by atoms with E-state index >= 15 is 0 Å². The van der Waals surface area contributed by atoms with Gasteiger partial charge in [0, 0.05) is 19.4 Å². The molecular weight excluding hydrogens is 216 g/mol. The normalized spacial score (nSPS) is 15.4. The third kappa shape index (κ3) is 4.01. The molecule has 1 aliphatic carbocycles. The number of H-pyrrole nitrogens is 1. The second-order valence-corrected chi connectivity index (χ2v) is 4.32. The molecule has 0 spiro atoms. The van der Waals surface area contributed by atoms with Crippen LogP contribution in [0.25, 0.3) is 0 Å². The van der Waals surface area contributed by atoms with Gasteiger partial charge in [-0.3, -0.25) is 9.89 Å². The molecule has 1 aliphatic rings. The van der Waals surface area contributed by atoms with Gasteiger partial charge < -0.3 is 5.32 Å². The Morgan fingerprint density at radius 2 is 2.41 bits per heavy atom. The summed E-state index contributed by atoms with van der Waals surface area (Å²) in [5.74, 6) is 0.917. The molecule has 0 fully saturated rings. The van der Waals surface area contributed by atoms with Crippen LogP contribution in [-0.4, -0.2) is 27.6 Å². The van der Waals surface area contributed by atoms with Crippen LogP contribution in [-0.2, 0) is 11.2 Å². The molecular formula is C12H18N4O. The Balaban J connectivity index is 1.65. The second kappa shape index (κ2) is 6.18. The van der Waals surface area contributed by atoms with Crippen molar-refractivity contribution in [3.63, 3.8) is 0 Å². The second-order valence-electron chi connectivity index (χ2n) is 4.32. The van der Waals surface area contributed by atoms with Crippen molar-refractivity contribution in [3.8, 4) is 0 Å². The molecule has 1 aromatic heterocycles. The summed E-state index contributed by atoms with van der Waals surface area (Å²) in [6.07, 6.45) is 9.62. The molecule has 5 heteroatoms. The maximum absolute atomic E-state index is 11.6. The van der Waals surface area contributed by atoms with Crippen molar-refractivity contribution in [1.82, 2.24) is 20.5 Å². The predicted octanol–water partition coefficient (Wildman–Crippen LogP) is 1.35. The lowest BCUT2D eigenvalue weighted by Gasteiger charge is -2.12. The average molecular weight is 234 g/mol. The van der Waals surface area contributed by atoms with E-state index in [1.807, 2.05) is 0 Å². The van der Waals surface area contributed by atoms with E-state index in [4.69, 9.17) is 0 Å². The minimum absolute atomic E-state index is 0.109. The predicted molar refractivity (Wildman–Crippen MR) is 64.3 cm³/mol. The molecule has 0 aliphatic heterocycles. The Hall–Kier alpha value is -1.65. The van der Waals surface area contributed by atoms with Crippen molar-refractivity contribution in [3.05, 3.63) is 23.8 Å². The molecule has 0 atom stereocenters. The van der Waals surface area contributed by atoms with Gasteiger partial charge in [-0.05, 0) is 25.7 Å². The highest BCUT2D eigenvalue weighted by molar-refractivity contribution is 5.78. The number of amides is 1. The summed E-state index contributed by atoms with van der Waals surface area (Å²) < 4.78 is 0. The van der Waals surface area contributed by atoms with E-state index < -0.39 is 0 Å². The van der Waals surface area contributed by atoms with Crippen LogP contribution in [0.3, 0.4) is 0 Å². The lowest BCUT2D eigenvalue weighted by Crippen LogP contribution is -2.26. The minimum atomic E-state index is 0.109. The number of nitrogens with zero attached hydrogens (tertiary/aromatic N) is 2. The van der Waals surface area contributed by atoms with Gasteiger partial charge in [0.2, 0.25) is 5.91 Å². The third-order valence-corrected chi connectivity index (χ3v) is 2.92. The summed E-state index contributed by atoms with van der Waals surface area (Å²) in [7, 11) is 0. The molecule has 0 aromatic carbocycles. The lowest BCUT2D eigenvalue weighted by molar-refractivity contribution is -0.120. The summed E-state index contributed by atoms with van der Waals surface area (Å²) in [5, 5.41) is 9.42. The van der Waals surface area contributed by atoms with E-state index in [2.05, 4.69) is 26.6 Å². The number of allylic oxidation sites excluding steroid dienone is 1.